The summed E-state index contributed by atoms with van der Waals surface area (Å²) in [6.45, 7) is 0.354. The molecule has 0 atom stereocenters. The van der Waals surface area contributed by atoms with Crippen LogP contribution in [0.4, 0.5) is 5.69 Å². The van der Waals surface area contributed by atoms with Crippen molar-refractivity contribution in [3.05, 3.63) is 45.0 Å². The second-order valence-electron chi connectivity index (χ2n) is 5.89. The lowest BCUT2D eigenvalue weighted by atomic mass is 10.0. The van der Waals surface area contributed by atoms with Crippen molar-refractivity contribution in [1.82, 2.24) is 9.55 Å². The largest absolute Gasteiger partial charge is 0.469 e. The van der Waals surface area contributed by atoms with E-state index in [2.05, 4.69) is 9.72 Å². The number of hydrogen-bond acceptors (Lipinski definition) is 6. The molecule has 0 radical (unpaired) electrons. The lowest BCUT2D eigenvalue weighted by molar-refractivity contribution is -0.384. The van der Waals surface area contributed by atoms with Gasteiger partial charge in [0.25, 0.3) is 11.2 Å². The second-order valence-corrected chi connectivity index (χ2v) is 5.89. The number of nitrogens with zero attached hydrogens (tertiary/aromatic N) is 3. The average molecular weight is 317 g/mol. The average Bonchev–Trinajstić information content (AvgIpc) is 3.29. The molecule has 1 aromatic heterocycles. The SMILES string of the molecule is COC(=O)CC1(Cn2cnc3ccc([N+](=O)[O-])cc3c2=O)CC1. The number of benzene rings is 1. The Labute approximate surface area is 130 Å². The number of carbonyl (C=O) groups is 1. The molecule has 23 heavy (non-hydrogen) atoms. The zero-order valence-electron chi connectivity index (χ0n) is 12.5. The Morgan fingerprint density at radius 2 is 2.22 bits per heavy atom. The first-order valence-corrected chi connectivity index (χ1v) is 7.15. The molecular weight excluding hydrogens is 302 g/mol. The van der Waals surface area contributed by atoms with Crippen LogP contribution in [-0.2, 0) is 16.1 Å². The summed E-state index contributed by atoms with van der Waals surface area (Å²) in [5, 5.41) is 11.1. The van der Waals surface area contributed by atoms with Gasteiger partial charge in [0.1, 0.15) is 0 Å². The van der Waals surface area contributed by atoms with Crippen LogP contribution in [0.3, 0.4) is 0 Å². The summed E-state index contributed by atoms with van der Waals surface area (Å²) in [5.74, 6) is -0.306. The third kappa shape index (κ3) is 2.92. The van der Waals surface area contributed by atoms with Crippen molar-refractivity contribution >= 4 is 22.6 Å². The van der Waals surface area contributed by atoms with Crippen LogP contribution < -0.4 is 5.56 Å². The van der Waals surface area contributed by atoms with Gasteiger partial charge in [-0.25, -0.2) is 4.98 Å². The van der Waals surface area contributed by atoms with Gasteiger partial charge >= 0.3 is 5.97 Å². The molecule has 1 heterocycles. The lowest BCUT2D eigenvalue weighted by Gasteiger charge is -2.15. The summed E-state index contributed by atoms with van der Waals surface area (Å²) >= 11 is 0. The zero-order valence-corrected chi connectivity index (χ0v) is 12.5. The van der Waals surface area contributed by atoms with Crippen LogP contribution in [0.1, 0.15) is 19.3 Å². The predicted molar refractivity (Wildman–Crippen MR) is 81.0 cm³/mol. The monoisotopic (exact) mass is 317 g/mol. The maximum absolute atomic E-state index is 12.5. The predicted octanol–water partition coefficient (Wildman–Crippen LogP) is 1.65. The molecule has 120 valence electrons. The van der Waals surface area contributed by atoms with E-state index in [0.717, 1.165) is 12.8 Å². The number of carbonyl (C=O) groups excluding carboxylic acids is 1. The number of hydrogen-bond donors (Lipinski definition) is 0. The number of fused-ring (bicyclic) bond motifs is 1. The van der Waals surface area contributed by atoms with E-state index < -0.39 is 4.92 Å². The Kier molecular flexibility index (Phi) is 3.59. The van der Waals surface area contributed by atoms with Gasteiger partial charge in [0.05, 0.1) is 35.7 Å². The van der Waals surface area contributed by atoms with Gasteiger partial charge in [-0.1, -0.05) is 0 Å². The van der Waals surface area contributed by atoms with Crippen LogP contribution in [-0.4, -0.2) is 27.6 Å². The Morgan fingerprint density at radius 1 is 1.48 bits per heavy atom. The van der Waals surface area contributed by atoms with Gasteiger partial charge in [0.2, 0.25) is 0 Å². The first-order chi connectivity index (χ1) is 10.9. The van der Waals surface area contributed by atoms with E-state index in [-0.39, 0.29) is 34.4 Å². The van der Waals surface area contributed by atoms with Crippen molar-refractivity contribution in [2.45, 2.75) is 25.8 Å². The lowest BCUT2D eigenvalue weighted by Crippen LogP contribution is -2.26. The van der Waals surface area contributed by atoms with Gasteiger partial charge in [0.15, 0.2) is 0 Å². The van der Waals surface area contributed by atoms with Crippen LogP contribution in [0.5, 0.6) is 0 Å². The van der Waals surface area contributed by atoms with E-state index in [0.29, 0.717) is 12.1 Å². The van der Waals surface area contributed by atoms with Crippen LogP contribution in [0.25, 0.3) is 10.9 Å². The third-order valence-corrected chi connectivity index (χ3v) is 4.23. The molecule has 1 aromatic carbocycles. The highest BCUT2D eigenvalue weighted by atomic mass is 16.6. The second kappa shape index (κ2) is 5.45. The van der Waals surface area contributed by atoms with E-state index in [1.807, 2.05) is 0 Å². The number of rotatable bonds is 5. The zero-order chi connectivity index (χ0) is 16.6. The highest BCUT2D eigenvalue weighted by Gasteiger charge is 2.45. The topological polar surface area (TPSA) is 104 Å². The number of aromatic nitrogens is 2. The van der Waals surface area contributed by atoms with Crippen LogP contribution in [0.15, 0.2) is 29.3 Å². The molecule has 1 aliphatic rings. The van der Waals surface area contributed by atoms with Crippen molar-refractivity contribution in [3.8, 4) is 0 Å². The number of nitro groups is 1. The molecule has 0 saturated heterocycles. The molecular formula is C15H15N3O5. The minimum Gasteiger partial charge on any atom is -0.469 e. The van der Waals surface area contributed by atoms with Crippen LogP contribution in [0, 0.1) is 15.5 Å². The summed E-state index contributed by atoms with van der Waals surface area (Å²) in [6, 6.07) is 4.01. The fourth-order valence-corrected chi connectivity index (χ4v) is 2.68. The smallest absolute Gasteiger partial charge is 0.306 e. The molecule has 1 fully saturated rings. The van der Waals surface area contributed by atoms with E-state index in [9.17, 15) is 19.7 Å². The number of non-ortho nitro benzene ring substituents is 1. The molecule has 0 spiro atoms. The van der Waals surface area contributed by atoms with Crippen molar-refractivity contribution < 1.29 is 14.5 Å². The molecule has 3 rings (SSSR count). The molecule has 0 amide bonds. The van der Waals surface area contributed by atoms with E-state index >= 15 is 0 Å². The number of ether oxygens (including phenoxy) is 1. The van der Waals surface area contributed by atoms with Crippen molar-refractivity contribution in [2.75, 3.05) is 7.11 Å². The summed E-state index contributed by atoms with van der Waals surface area (Å²) in [6.07, 6.45) is 3.35. The fourth-order valence-electron chi connectivity index (χ4n) is 2.68. The molecule has 0 unspecified atom stereocenters. The van der Waals surface area contributed by atoms with E-state index in [1.54, 1.807) is 0 Å². The van der Waals surface area contributed by atoms with E-state index in [4.69, 9.17) is 0 Å². The minimum atomic E-state index is -0.546. The molecule has 8 heteroatoms. The Morgan fingerprint density at radius 3 is 2.83 bits per heavy atom. The van der Waals surface area contributed by atoms with Gasteiger partial charge in [-0.15, -0.1) is 0 Å². The molecule has 1 aliphatic carbocycles. The molecule has 2 aromatic rings. The summed E-state index contributed by atoms with van der Waals surface area (Å²) in [5.41, 5.74) is -0.346. The van der Waals surface area contributed by atoms with Crippen molar-refractivity contribution in [1.29, 1.82) is 0 Å². The standard InChI is InChI=1S/C15H15N3O5/c1-23-13(19)7-15(4-5-15)8-17-9-16-12-3-2-10(18(21)22)6-11(12)14(17)20/h2-3,6,9H,4-5,7-8H2,1H3. The van der Waals surface area contributed by atoms with Gasteiger partial charge in [-0.05, 0) is 24.3 Å². The van der Waals surface area contributed by atoms with Crippen molar-refractivity contribution in [3.63, 3.8) is 0 Å². The molecule has 8 nitrogen and oxygen atoms in total. The number of esters is 1. The van der Waals surface area contributed by atoms with Crippen molar-refractivity contribution in [2.24, 2.45) is 5.41 Å². The number of nitro benzene ring substituents is 1. The third-order valence-electron chi connectivity index (χ3n) is 4.23. The van der Waals surface area contributed by atoms with Crippen LogP contribution in [0.2, 0.25) is 0 Å². The van der Waals surface area contributed by atoms with Gasteiger partial charge < -0.3 is 4.74 Å². The Hall–Kier alpha value is -2.77. The molecule has 0 bridgehead atoms. The summed E-state index contributed by atoms with van der Waals surface area (Å²) in [4.78, 5) is 38.5. The van der Waals surface area contributed by atoms with Gasteiger partial charge in [-0.2, -0.15) is 0 Å². The molecule has 0 aliphatic heterocycles. The Bertz CT molecular complexity index is 854. The highest BCUT2D eigenvalue weighted by Crippen LogP contribution is 2.50. The summed E-state index contributed by atoms with van der Waals surface area (Å²) < 4.78 is 6.11. The van der Waals surface area contributed by atoms with Crippen LogP contribution >= 0.6 is 0 Å². The minimum absolute atomic E-state index is 0.148. The summed E-state index contributed by atoms with van der Waals surface area (Å²) in [7, 11) is 1.33. The first-order valence-electron chi connectivity index (χ1n) is 7.15. The maximum Gasteiger partial charge on any atom is 0.306 e. The quantitative estimate of drug-likeness (QED) is 0.472. The first kappa shape index (κ1) is 15.1. The molecule has 0 N–H and O–H groups in total. The van der Waals surface area contributed by atoms with E-state index in [1.165, 1.54) is 36.2 Å². The fraction of sp³-hybridized carbons (Fsp3) is 0.400. The van der Waals surface area contributed by atoms with Gasteiger partial charge in [0, 0.05) is 18.7 Å². The normalized spacial score (nSPS) is 15.3. The van der Waals surface area contributed by atoms with Gasteiger partial charge in [-0.3, -0.25) is 24.3 Å². The molecule has 1 saturated carbocycles. The number of methoxy groups -OCH3 is 1. The highest BCUT2D eigenvalue weighted by molar-refractivity contribution is 5.79. The maximum atomic E-state index is 12.5. The Balaban J connectivity index is 1.96.